The molecule has 0 aliphatic carbocycles. The van der Waals surface area contributed by atoms with Gasteiger partial charge in [-0.2, -0.15) is 0 Å². The van der Waals surface area contributed by atoms with Gasteiger partial charge in [-0.25, -0.2) is 9.97 Å². The Bertz CT molecular complexity index is 533. The molecule has 0 fully saturated rings. The maximum Gasteiger partial charge on any atom is 0.271 e. The lowest BCUT2D eigenvalue weighted by molar-refractivity contribution is 0.0944. The highest BCUT2D eigenvalue weighted by Gasteiger charge is 2.09. The average Bonchev–Trinajstić information content (AvgIpc) is 2.84. The van der Waals surface area contributed by atoms with Crippen LogP contribution < -0.4 is 11.1 Å². The van der Waals surface area contributed by atoms with Crippen LogP contribution in [0.25, 0.3) is 0 Å². The molecule has 0 aliphatic heterocycles. The fourth-order valence-corrected chi connectivity index (χ4v) is 1.39. The minimum Gasteiger partial charge on any atom is -0.382 e. The Morgan fingerprint density at radius 3 is 2.94 bits per heavy atom. The van der Waals surface area contributed by atoms with Crippen LogP contribution >= 0.6 is 0 Å². The van der Waals surface area contributed by atoms with E-state index in [-0.39, 0.29) is 17.4 Å². The van der Waals surface area contributed by atoms with Crippen LogP contribution in [-0.2, 0) is 13.1 Å². The fraction of sp³-hybridized carbons (Fsp3) is 0.300. The molecule has 0 spiro atoms. The van der Waals surface area contributed by atoms with Crippen LogP contribution in [0.2, 0.25) is 0 Å². The van der Waals surface area contributed by atoms with Crippen molar-refractivity contribution < 1.29 is 4.79 Å². The third-order valence-electron chi connectivity index (χ3n) is 2.35. The third-order valence-corrected chi connectivity index (χ3v) is 2.35. The first-order valence-corrected chi connectivity index (χ1v) is 5.43. The second-order valence-electron chi connectivity index (χ2n) is 3.54. The first-order valence-electron chi connectivity index (χ1n) is 5.43. The summed E-state index contributed by atoms with van der Waals surface area (Å²) in [5.74, 6) is 0.639. The van der Waals surface area contributed by atoms with Crippen molar-refractivity contribution in [1.82, 2.24) is 30.0 Å². The number of hydrogen-bond acceptors (Lipinski definition) is 6. The van der Waals surface area contributed by atoms with Crippen molar-refractivity contribution >= 4 is 11.7 Å². The summed E-state index contributed by atoms with van der Waals surface area (Å²) in [4.78, 5) is 19.4. The van der Waals surface area contributed by atoms with Gasteiger partial charge in [0.15, 0.2) is 5.82 Å². The van der Waals surface area contributed by atoms with Crippen molar-refractivity contribution in [2.75, 3.05) is 5.73 Å². The van der Waals surface area contributed by atoms with Crippen LogP contribution in [0.15, 0.2) is 18.7 Å². The number of nitrogens with one attached hydrogen (secondary N) is 1. The molecule has 8 heteroatoms. The van der Waals surface area contributed by atoms with Gasteiger partial charge in [0.1, 0.15) is 17.8 Å². The van der Waals surface area contributed by atoms with Crippen molar-refractivity contribution in [3.8, 4) is 0 Å². The Labute approximate surface area is 103 Å². The molecule has 0 radical (unpaired) electrons. The highest BCUT2D eigenvalue weighted by Crippen LogP contribution is 1.98. The van der Waals surface area contributed by atoms with Gasteiger partial charge in [0.05, 0.1) is 18.9 Å². The van der Waals surface area contributed by atoms with Crippen LogP contribution in [-0.4, -0.2) is 30.6 Å². The van der Waals surface area contributed by atoms with E-state index >= 15 is 0 Å². The number of hydrogen-bond donors (Lipinski definition) is 2. The normalized spacial score (nSPS) is 10.3. The van der Waals surface area contributed by atoms with Crippen molar-refractivity contribution in [2.24, 2.45) is 0 Å². The number of amides is 1. The number of nitrogens with zero attached hydrogens (tertiary/aromatic N) is 5. The van der Waals surface area contributed by atoms with E-state index in [2.05, 4.69) is 25.5 Å². The molecule has 1 amide bonds. The summed E-state index contributed by atoms with van der Waals surface area (Å²) >= 11 is 0. The standard InChI is InChI=1S/C10H13N7O/c1-2-17-6-15-16-9(17)5-14-10(18)7-3-13-8(11)4-12-7/h3-4,6H,2,5H2,1H3,(H2,11,13)(H,14,18). The largest absolute Gasteiger partial charge is 0.382 e. The summed E-state index contributed by atoms with van der Waals surface area (Å²) in [7, 11) is 0. The van der Waals surface area contributed by atoms with Crippen molar-refractivity contribution in [1.29, 1.82) is 0 Å². The quantitative estimate of drug-likeness (QED) is 0.760. The zero-order chi connectivity index (χ0) is 13.0. The third kappa shape index (κ3) is 2.59. The molecule has 0 aliphatic rings. The van der Waals surface area contributed by atoms with Crippen molar-refractivity contribution in [2.45, 2.75) is 20.0 Å². The monoisotopic (exact) mass is 247 g/mol. The topological polar surface area (TPSA) is 112 Å². The molecule has 94 valence electrons. The van der Waals surface area contributed by atoms with Crippen LogP contribution in [0.5, 0.6) is 0 Å². The lowest BCUT2D eigenvalue weighted by Crippen LogP contribution is -2.25. The lowest BCUT2D eigenvalue weighted by Gasteiger charge is -2.05. The van der Waals surface area contributed by atoms with Gasteiger partial charge >= 0.3 is 0 Å². The van der Waals surface area contributed by atoms with E-state index in [1.165, 1.54) is 12.4 Å². The maximum absolute atomic E-state index is 11.7. The number of carbonyl (C=O) groups excluding carboxylic acids is 1. The SMILES string of the molecule is CCn1cnnc1CNC(=O)c1cnc(N)cn1. The summed E-state index contributed by atoms with van der Waals surface area (Å²) in [5.41, 5.74) is 5.60. The first kappa shape index (κ1) is 12.0. The van der Waals surface area contributed by atoms with Gasteiger partial charge in [0, 0.05) is 6.54 Å². The Morgan fingerprint density at radius 2 is 2.28 bits per heavy atom. The number of carbonyl (C=O) groups is 1. The minimum atomic E-state index is -0.326. The van der Waals surface area contributed by atoms with Gasteiger partial charge in [-0.15, -0.1) is 10.2 Å². The summed E-state index contributed by atoms with van der Waals surface area (Å²) < 4.78 is 1.84. The van der Waals surface area contributed by atoms with E-state index in [1.54, 1.807) is 6.33 Å². The van der Waals surface area contributed by atoms with E-state index in [0.717, 1.165) is 6.54 Å². The number of rotatable bonds is 4. The van der Waals surface area contributed by atoms with Gasteiger partial charge in [-0.1, -0.05) is 0 Å². The molecule has 0 saturated carbocycles. The first-order chi connectivity index (χ1) is 8.70. The predicted molar refractivity (Wildman–Crippen MR) is 63.3 cm³/mol. The Kier molecular flexibility index (Phi) is 3.46. The van der Waals surface area contributed by atoms with Crippen molar-refractivity contribution in [3.63, 3.8) is 0 Å². The Balaban J connectivity index is 1.98. The smallest absolute Gasteiger partial charge is 0.271 e. The number of aryl methyl sites for hydroxylation is 1. The molecule has 3 N–H and O–H groups in total. The summed E-state index contributed by atoms with van der Waals surface area (Å²) in [6.07, 6.45) is 4.28. The maximum atomic E-state index is 11.7. The van der Waals surface area contributed by atoms with Gasteiger partial charge in [0.25, 0.3) is 5.91 Å². The molecule has 0 atom stereocenters. The number of anilines is 1. The Hall–Kier alpha value is -2.51. The second kappa shape index (κ2) is 5.21. The number of nitrogens with two attached hydrogens (primary N) is 1. The highest BCUT2D eigenvalue weighted by atomic mass is 16.1. The number of aromatic nitrogens is 5. The molecule has 0 aromatic carbocycles. The van der Waals surface area contributed by atoms with Crippen LogP contribution in [0.1, 0.15) is 23.2 Å². The van der Waals surface area contributed by atoms with Crippen molar-refractivity contribution in [3.05, 3.63) is 30.2 Å². The molecular weight excluding hydrogens is 234 g/mol. The molecule has 2 aromatic rings. The van der Waals surface area contributed by atoms with Gasteiger partial charge < -0.3 is 15.6 Å². The average molecular weight is 247 g/mol. The molecule has 0 saturated heterocycles. The molecule has 18 heavy (non-hydrogen) atoms. The molecule has 0 unspecified atom stereocenters. The molecule has 2 aromatic heterocycles. The van der Waals surface area contributed by atoms with E-state index in [9.17, 15) is 4.79 Å². The molecule has 2 heterocycles. The zero-order valence-corrected chi connectivity index (χ0v) is 9.87. The summed E-state index contributed by atoms with van der Waals surface area (Å²) in [5, 5.41) is 10.4. The van der Waals surface area contributed by atoms with E-state index in [4.69, 9.17) is 5.73 Å². The van der Waals surface area contributed by atoms with E-state index in [1.807, 2.05) is 11.5 Å². The lowest BCUT2D eigenvalue weighted by atomic mass is 10.4. The molecule has 8 nitrogen and oxygen atoms in total. The minimum absolute atomic E-state index is 0.215. The van der Waals surface area contributed by atoms with Gasteiger partial charge in [-0.3, -0.25) is 4.79 Å². The highest BCUT2D eigenvalue weighted by molar-refractivity contribution is 5.91. The van der Waals surface area contributed by atoms with E-state index < -0.39 is 0 Å². The van der Waals surface area contributed by atoms with Gasteiger partial charge in [0.2, 0.25) is 0 Å². The molecule has 2 rings (SSSR count). The number of nitrogen functional groups attached to an aromatic ring is 1. The van der Waals surface area contributed by atoms with Gasteiger partial charge in [-0.05, 0) is 6.92 Å². The predicted octanol–water partition coefficient (Wildman–Crippen LogP) is -0.400. The summed E-state index contributed by atoms with van der Waals surface area (Å²) in [6, 6.07) is 0. The molecule has 0 bridgehead atoms. The van der Waals surface area contributed by atoms with Crippen LogP contribution in [0.4, 0.5) is 5.82 Å². The Morgan fingerprint density at radius 1 is 1.44 bits per heavy atom. The van der Waals surface area contributed by atoms with Crippen LogP contribution in [0, 0.1) is 0 Å². The van der Waals surface area contributed by atoms with Crippen LogP contribution in [0.3, 0.4) is 0 Å². The fourth-order valence-electron chi connectivity index (χ4n) is 1.39. The second-order valence-corrected chi connectivity index (χ2v) is 3.54. The van der Waals surface area contributed by atoms with E-state index in [0.29, 0.717) is 12.4 Å². The molecular formula is C10H13N7O. The summed E-state index contributed by atoms with van der Waals surface area (Å²) in [6.45, 7) is 3.01. The zero-order valence-electron chi connectivity index (χ0n) is 9.87.